The number of carboxylic acids is 1. The number of likely N-dealkylation sites (tertiary alicyclic amines) is 1. The van der Waals surface area contributed by atoms with Gasteiger partial charge in [-0.1, -0.05) is 13.3 Å². The first kappa shape index (κ1) is 18.0. The standard InChI is InChI=1S/C16H30N2O3/c1-5-7-16(14(20)21)8-11-18(12-9-16)13(19)6-10-17-15(2,3)4/h17H,5-12H2,1-4H3,(H,20,21). The van der Waals surface area contributed by atoms with Crippen LogP contribution in [0, 0.1) is 5.41 Å². The highest BCUT2D eigenvalue weighted by atomic mass is 16.4. The molecule has 2 N–H and O–H groups in total. The Morgan fingerprint density at radius 1 is 1.24 bits per heavy atom. The Labute approximate surface area is 128 Å². The molecule has 0 saturated carbocycles. The molecule has 1 aliphatic heterocycles. The Kier molecular flexibility index (Phi) is 6.20. The van der Waals surface area contributed by atoms with Crippen molar-refractivity contribution < 1.29 is 14.7 Å². The van der Waals surface area contributed by atoms with E-state index in [2.05, 4.69) is 26.1 Å². The molecule has 1 aliphatic rings. The van der Waals surface area contributed by atoms with Crippen LogP contribution in [0.4, 0.5) is 0 Å². The van der Waals surface area contributed by atoms with E-state index in [9.17, 15) is 14.7 Å². The van der Waals surface area contributed by atoms with Gasteiger partial charge in [0.05, 0.1) is 5.41 Å². The van der Waals surface area contributed by atoms with Crippen molar-refractivity contribution in [2.24, 2.45) is 5.41 Å². The largest absolute Gasteiger partial charge is 0.481 e. The first-order valence-electron chi connectivity index (χ1n) is 7.96. The van der Waals surface area contributed by atoms with Crippen LogP contribution >= 0.6 is 0 Å². The summed E-state index contributed by atoms with van der Waals surface area (Å²) in [6, 6.07) is 0. The fourth-order valence-electron chi connectivity index (χ4n) is 2.94. The summed E-state index contributed by atoms with van der Waals surface area (Å²) in [5.74, 6) is -0.576. The van der Waals surface area contributed by atoms with Crippen molar-refractivity contribution in [1.82, 2.24) is 10.2 Å². The number of carboxylic acid groups (broad SMARTS) is 1. The van der Waals surface area contributed by atoms with Crippen molar-refractivity contribution >= 4 is 11.9 Å². The summed E-state index contributed by atoms with van der Waals surface area (Å²) in [6.07, 6.45) is 3.21. The lowest BCUT2D eigenvalue weighted by atomic mass is 9.75. The number of carbonyl (C=O) groups excluding carboxylic acids is 1. The average Bonchev–Trinajstić information content (AvgIpc) is 2.38. The van der Waals surface area contributed by atoms with Crippen molar-refractivity contribution in [1.29, 1.82) is 0 Å². The van der Waals surface area contributed by atoms with Crippen molar-refractivity contribution in [3.8, 4) is 0 Å². The first-order chi connectivity index (χ1) is 9.70. The third kappa shape index (κ3) is 5.30. The minimum Gasteiger partial charge on any atom is -0.481 e. The summed E-state index contributed by atoms with van der Waals surface area (Å²) >= 11 is 0. The van der Waals surface area contributed by atoms with Gasteiger partial charge in [0, 0.05) is 31.6 Å². The van der Waals surface area contributed by atoms with E-state index in [4.69, 9.17) is 0 Å². The van der Waals surface area contributed by atoms with E-state index in [0.29, 0.717) is 45.3 Å². The summed E-state index contributed by atoms with van der Waals surface area (Å²) < 4.78 is 0. The Balaban J connectivity index is 2.44. The van der Waals surface area contributed by atoms with Crippen LogP contribution in [0.15, 0.2) is 0 Å². The summed E-state index contributed by atoms with van der Waals surface area (Å²) in [7, 11) is 0. The zero-order chi connectivity index (χ0) is 16.1. The molecule has 21 heavy (non-hydrogen) atoms. The molecule has 1 fully saturated rings. The fraction of sp³-hybridized carbons (Fsp3) is 0.875. The molecule has 0 aliphatic carbocycles. The number of rotatable bonds is 6. The molecule has 5 nitrogen and oxygen atoms in total. The van der Waals surface area contributed by atoms with Gasteiger partial charge in [0.25, 0.3) is 0 Å². The van der Waals surface area contributed by atoms with Crippen LogP contribution in [0.1, 0.15) is 59.8 Å². The zero-order valence-electron chi connectivity index (χ0n) is 13.9. The number of hydrogen-bond donors (Lipinski definition) is 2. The number of amides is 1. The Morgan fingerprint density at radius 3 is 2.24 bits per heavy atom. The van der Waals surface area contributed by atoms with E-state index in [1.807, 2.05) is 11.8 Å². The number of piperidine rings is 1. The number of carbonyl (C=O) groups is 2. The number of nitrogens with one attached hydrogen (secondary N) is 1. The molecule has 1 saturated heterocycles. The van der Waals surface area contributed by atoms with E-state index in [0.717, 1.165) is 6.42 Å². The highest BCUT2D eigenvalue weighted by molar-refractivity contribution is 5.78. The average molecular weight is 298 g/mol. The second kappa shape index (κ2) is 7.25. The van der Waals surface area contributed by atoms with E-state index in [1.165, 1.54) is 0 Å². The third-order valence-corrected chi connectivity index (χ3v) is 4.25. The first-order valence-corrected chi connectivity index (χ1v) is 7.96. The minimum absolute atomic E-state index is 0.0156. The van der Waals surface area contributed by atoms with Gasteiger partial charge < -0.3 is 15.3 Å². The number of hydrogen-bond acceptors (Lipinski definition) is 3. The predicted octanol–water partition coefficient (Wildman–Crippen LogP) is 2.26. The van der Waals surface area contributed by atoms with Crippen LogP contribution in [0.2, 0.25) is 0 Å². The second-order valence-corrected chi connectivity index (χ2v) is 7.14. The highest BCUT2D eigenvalue weighted by Gasteiger charge is 2.41. The maximum Gasteiger partial charge on any atom is 0.309 e. The summed E-state index contributed by atoms with van der Waals surface area (Å²) in [5.41, 5.74) is -0.600. The maximum atomic E-state index is 12.2. The molecule has 0 bridgehead atoms. The third-order valence-electron chi connectivity index (χ3n) is 4.25. The van der Waals surface area contributed by atoms with Crippen molar-refractivity contribution in [2.45, 2.75) is 65.3 Å². The molecule has 122 valence electrons. The minimum atomic E-state index is -0.703. The van der Waals surface area contributed by atoms with E-state index in [-0.39, 0.29) is 11.4 Å². The lowest BCUT2D eigenvalue weighted by Crippen LogP contribution is -2.47. The molecule has 5 heteroatoms. The molecule has 0 aromatic rings. The van der Waals surface area contributed by atoms with Crippen LogP contribution in [0.25, 0.3) is 0 Å². The highest BCUT2D eigenvalue weighted by Crippen LogP contribution is 2.36. The van der Waals surface area contributed by atoms with Gasteiger partial charge in [-0.2, -0.15) is 0 Å². The SMILES string of the molecule is CCCC1(C(=O)O)CCN(C(=O)CCNC(C)(C)C)CC1. The number of nitrogens with zero attached hydrogens (tertiary/aromatic N) is 1. The monoisotopic (exact) mass is 298 g/mol. The van der Waals surface area contributed by atoms with Crippen molar-refractivity contribution in [2.75, 3.05) is 19.6 Å². The van der Waals surface area contributed by atoms with Crippen molar-refractivity contribution in [3.63, 3.8) is 0 Å². The van der Waals surface area contributed by atoms with Crippen LogP contribution in [-0.4, -0.2) is 47.1 Å². The molecular weight excluding hydrogens is 268 g/mol. The van der Waals surface area contributed by atoms with Crippen LogP contribution < -0.4 is 5.32 Å². The van der Waals surface area contributed by atoms with Crippen LogP contribution in [-0.2, 0) is 9.59 Å². The topological polar surface area (TPSA) is 69.6 Å². The Hall–Kier alpha value is -1.10. The van der Waals surface area contributed by atoms with Gasteiger partial charge >= 0.3 is 5.97 Å². The van der Waals surface area contributed by atoms with Gasteiger partial charge in [-0.3, -0.25) is 9.59 Å². The van der Waals surface area contributed by atoms with Crippen LogP contribution in [0.5, 0.6) is 0 Å². The fourth-order valence-corrected chi connectivity index (χ4v) is 2.94. The van der Waals surface area contributed by atoms with E-state index >= 15 is 0 Å². The molecule has 0 spiro atoms. The summed E-state index contributed by atoms with van der Waals surface area (Å²) in [6.45, 7) is 10.0. The van der Waals surface area contributed by atoms with Gasteiger partial charge in [-0.05, 0) is 40.0 Å². The molecule has 0 radical (unpaired) electrons. The zero-order valence-corrected chi connectivity index (χ0v) is 13.9. The van der Waals surface area contributed by atoms with Crippen molar-refractivity contribution in [3.05, 3.63) is 0 Å². The number of aliphatic carboxylic acids is 1. The quantitative estimate of drug-likeness (QED) is 0.789. The van der Waals surface area contributed by atoms with Crippen LogP contribution in [0.3, 0.4) is 0 Å². The Morgan fingerprint density at radius 2 is 1.81 bits per heavy atom. The lowest BCUT2D eigenvalue weighted by molar-refractivity contribution is -0.155. The Bertz CT molecular complexity index is 366. The predicted molar refractivity (Wildman–Crippen MR) is 83.2 cm³/mol. The van der Waals surface area contributed by atoms with Gasteiger partial charge in [0.15, 0.2) is 0 Å². The normalized spacial score (nSPS) is 18.6. The van der Waals surface area contributed by atoms with E-state index < -0.39 is 11.4 Å². The molecule has 0 aromatic heterocycles. The molecule has 1 amide bonds. The summed E-state index contributed by atoms with van der Waals surface area (Å²) in [4.78, 5) is 25.5. The molecule has 0 atom stereocenters. The molecular formula is C16H30N2O3. The smallest absolute Gasteiger partial charge is 0.309 e. The molecule has 1 rings (SSSR count). The molecule has 0 unspecified atom stereocenters. The molecule has 0 aromatic carbocycles. The summed E-state index contributed by atoms with van der Waals surface area (Å²) in [5, 5.41) is 12.8. The lowest BCUT2D eigenvalue weighted by Gasteiger charge is -2.39. The van der Waals surface area contributed by atoms with Gasteiger partial charge in [0.2, 0.25) is 5.91 Å². The van der Waals surface area contributed by atoms with Gasteiger partial charge in [-0.25, -0.2) is 0 Å². The second-order valence-electron chi connectivity index (χ2n) is 7.14. The van der Waals surface area contributed by atoms with E-state index in [1.54, 1.807) is 0 Å². The van der Waals surface area contributed by atoms with Gasteiger partial charge in [-0.15, -0.1) is 0 Å². The maximum absolute atomic E-state index is 12.2. The van der Waals surface area contributed by atoms with Gasteiger partial charge in [0.1, 0.15) is 0 Å². The molecule has 1 heterocycles.